The number of anilines is 1. The molecule has 100 valence electrons. The summed E-state index contributed by atoms with van der Waals surface area (Å²) in [6, 6.07) is 6.51. The second-order valence-corrected chi connectivity index (χ2v) is 5.24. The second kappa shape index (κ2) is 6.15. The highest BCUT2D eigenvalue weighted by atomic mass is 32.2. The van der Waals surface area contributed by atoms with Crippen molar-refractivity contribution in [3.8, 4) is 0 Å². The minimum Gasteiger partial charge on any atom is -0.323 e. The number of amides is 1. The molecule has 0 saturated heterocycles. The zero-order chi connectivity index (χ0) is 13.8. The van der Waals surface area contributed by atoms with Crippen molar-refractivity contribution in [2.45, 2.75) is 30.0 Å². The molecular weight excluding hydrogens is 258 g/mol. The molecule has 2 N–H and O–H groups in total. The Balaban J connectivity index is 2.87. The molecule has 0 bridgehead atoms. The largest absolute Gasteiger partial charge is 0.323 e. The number of alkyl halides is 2. The van der Waals surface area contributed by atoms with E-state index in [1.807, 2.05) is 0 Å². The van der Waals surface area contributed by atoms with Crippen molar-refractivity contribution in [3.05, 3.63) is 24.3 Å². The Morgan fingerprint density at radius 3 is 2.50 bits per heavy atom. The lowest BCUT2D eigenvalue weighted by Gasteiger charge is -2.23. The molecule has 1 rings (SSSR count). The van der Waals surface area contributed by atoms with Crippen molar-refractivity contribution in [3.63, 3.8) is 0 Å². The molecule has 0 aliphatic carbocycles. The van der Waals surface area contributed by atoms with Crippen LogP contribution in [-0.2, 0) is 4.79 Å². The van der Waals surface area contributed by atoms with Crippen LogP contribution in [0, 0.1) is 0 Å². The topological polar surface area (TPSA) is 41.1 Å². The van der Waals surface area contributed by atoms with E-state index in [1.165, 1.54) is 0 Å². The smallest absolute Gasteiger partial charge is 0.288 e. The summed E-state index contributed by atoms with van der Waals surface area (Å²) >= 11 is 0.417. The fourth-order valence-electron chi connectivity index (χ4n) is 1.16. The highest BCUT2D eigenvalue weighted by molar-refractivity contribution is 7.99. The summed E-state index contributed by atoms with van der Waals surface area (Å²) in [7, 11) is 1.67. The molecule has 0 spiro atoms. The number of para-hydroxylation sites is 1. The van der Waals surface area contributed by atoms with Crippen molar-refractivity contribution >= 4 is 23.4 Å². The van der Waals surface area contributed by atoms with Gasteiger partial charge >= 0.3 is 0 Å². The van der Waals surface area contributed by atoms with Gasteiger partial charge in [-0.25, -0.2) is 0 Å². The molecule has 0 saturated carbocycles. The van der Waals surface area contributed by atoms with E-state index in [1.54, 1.807) is 45.2 Å². The van der Waals surface area contributed by atoms with Crippen LogP contribution in [0.4, 0.5) is 14.5 Å². The second-order valence-electron chi connectivity index (χ2n) is 4.20. The van der Waals surface area contributed by atoms with Gasteiger partial charge in [0, 0.05) is 4.90 Å². The van der Waals surface area contributed by atoms with Gasteiger partial charge in [0.15, 0.2) is 0 Å². The summed E-state index contributed by atoms with van der Waals surface area (Å²) in [6.45, 7) is 3.43. The van der Waals surface area contributed by atoms with Gasteiger partial charge < -0.3 is 10.6 Å². The molecule has 0 fully saturated rings. The number of carbonyl (C=O) groups excluding carboxylic acids is 1. The molecular formula is C12H16F2N2OS. The van der Waals surface area contributed by atoms with E-state index in [2.05, 4.69) is 10.6 Å². The molecule has 0 atom stereocenters. The number of hydrogen-bond donors (Lipinski definition) is 2. The molecule has 0 aliphatic rings. The van der Waals surface area contributed by atoms with Crippen LogP contribution in [-0.4, -0.2) is 24.3 Å². The van der Waals surface area contributed by atoms with Gasteiger partial charge in [-0.15, -0.1) is 0 Å². The zero-order valence-corrected chi connectivity index (χ0v) is 11.3. The minimum atomic E-state index is -2.51. The maximum Gasteiger partial charge on any atom is 0.288 e. The molecule has 0 radical (unpaired) electrons. The van der Waals surface area contributed by atoms with Crippen LogP contribution in [0.5, 0.6) is 0 Å². The lowest BCUT2D eigenvalue weighted by atomic mass is 10.1. The van der Waals surface area contributed by atoms with E-state index in [9.17, 15) is 13.6 Å². The average Bonchev–Trinajstić information content (AvgIpc) is 2.31. The van der Waals surface area contributed by atoms with Gasteiger partial charge in [0.1, 0.15) is 0 Å². The monoisotopic (exact) mass is 274 g/mol. The first kappa shape index (κ1) is 14.9. The number of benzene rings is 1. The third kappa shape index (κ3) is 3.96. The van der Waals surface area contributed by atoms with Crippen molar-refractivity contribution in [1.82, 2.24) is 5.32 Å². The van der Waals surface area contributed by atoms with E-state index in [0.717, 1.165) is 0 Å². The molecule has 0 unspecified atom stereocenters. The first-order valence-electron chi connectivity index (χ1n) is 5.41. The number of halogens is 2. The molecule has 1 amide bonds. The fraction of sp³-hybridized carbons (Fsp3) is 0.417. The van der Waals surface area contributed by atoms with E-state index in [4.69, 9.17) is 0 Å². The quantitative estimate of drug-likeness (QED) is 0.811. The standard InChI is InChI=1S/C12H16F2N2OS/c1-12(2,15-3)10(17)16-8-6-4-5-7-9(8)18-11(13)14/h4-7,11,15H,1-3H3,(H,16,17). The van der Waals surface area contributed by atoms with Crippen LogP contribution in [0.2, 0.25) is 0 Å². The fourth-order valence-corrected chi connectivity index (χ4v) is 1.76. The highest BCUT2D eigenvalue weighted by Crippen LogP contribution is 2.31. The van der Waals surface area contributed by atoms with Gasteiger partial charge in [-0.05, 0) is 33.0 Å². The first-order chi connectivity index (χ1) is 8.36. The van der Waals surface area contributed by atoms with Gasteiger partial charge in [0.05, 0.1) is 11.2 Å². The lowest BCUT2D eigenvalue weighted by Crippen LogP contribution is -2.47. The van der Waals surface area contributed by atoms with Gasteiger partial charge in [-0.3, -0.25) is 4.79 Å². The van der Waals surface area contributed by atoms with E-state index >= 15 is 0 Å². The van der Waals surface area contributed by atoms with E-state index < -0.39 is 11.3 Å². The number of likely N-dealkylation sites (N-methyl/N-ethyl adjacent to an activating group) is 1. The third-order valence-corrected chi connectivity index (χ3v) is 3.33. The molecule has 0 aromatic heterocycles. The first-order valence-corrected chi connectivity index (χ1v) is 6.29. The number of thioether (sulfide) groups is 1. The Kier molecular flexibility index (Phi) is 5.10. The van der Waals surface area contributed by atoms with Crippen LogP contribution in [0.3, 0.4) is 0 Å². The zero-order valence-electron chi connectivity index (χ0n) is 10.5. The van der Waals surface area contributed by atoms with Crippen molar-refractivity contribution in [2.75, 3.05) is 12.4 Å². The van der Waals surface area contributed by atoms with Crippen LogP contribution < -0.4 is 10.6 Å². The number of hydrogen-bond acceptors (Lipinski definition) is 3. The van der Waals surface area contributed by atoms with E-state index in [0.29, 0.717) is 22.3 Å². The third-order valence-electron chi connectivity index (χ3n) is 2.54. The number of carbonyl (C=O) groups is 1. The van der Waals surface area contributed by atoms with Crippen LogP contribution in [0.25, 0.3) is 0 Å². The van der Waals surface area contributed by atoms with Gasteiger partial charge in [0.2, 0.25) is 5.91 Å². The Morgan fingerprint density at radius 2 is 1.94 bits per heavy atom. The molecule has 3 nitrogen and oxygen atoms in total. The van der Waals surface area contributed by atoms with Crippen LogP contribution in [0.15, 0.2) is 29.2 Å². The minimum absolute atomic E-state index is 0.271. The van der Waals surface area contributed by atoms with Crippen LogP contribution in [0.1, 0.15) is 13.8 Å². The summed E-state index contributed by atoms with van der Waals surface area (Å²) in [5, 5.41) is 5.51. The average molecular weight is 274 g/mol. The van der Waals surface area contributed by atoms with Gasteiger partial charge in [-0.1, -0.05) is 23.9 Å². The van der Waals surface area contributed by atoms with Crippen molar-refractivity contribution in [1.29, 1.82) is 0 Å². The van der Waals surface area contributed by atoms with Crippen molar-refractivity contribution in [2.24, 2.45) is 0 Å². The summed E-state index contributed by atoms with van der Waals surface area (Å²) in [4.78, 5) is 12.3. The number of rotatable bonds is 5. The summed E-state index contributed by atoms with van der Waals surface area (Å²) in [5.41, 5.74) is -0.362. The Hall–Kier alpha value is -1.14. The van der Waals surface area contributed by atoms with E-state index in [-0.39, 0.29) is 5.91 Å². The maximum absolute atomic E-state index is 12.4. The molecule has 6 heteroatoms. The Bertz CT molecular complexity index is 424. The highest BCUT2D eigenvalue weighted by Gasteiger charge is 2.25. The molecule has 18 heavy (non-hydrogen) atoms. The normalized spacial score (nSPS) is 11.7. The summed E-state index contributed by atoms with van der Waals surface area (Å²) in [6.07, 6.45) is 0. The predicted octanol–water partition coefficient (Wildman–Crippen LogP) is 2.94. The Labute approximate surface area is 109 Å². The molecule has 0 aliphatic heterocycles. The maximum atomic E-state index is 12.4. The molecule has 1 aromatic rings. The molecule has 1 aromatic carbocycles. The van der Waals surface area contributed by atoms with Gasteiger partial charge in [-0.2, -0.15) is 8.78 Å². The van der Waals surface area contributed by atoms with Gasteiger partial charge in [0.25, 0.3) is 5.76 Å². The molecule has 0 heterocycles. The summed E-state index contributed by atoms with van der Waals surface area (Å²) < 4.78 is 24.8. The Morgan fingerprint density at radius 1 is 1.33 bits per heavy atom. The van der Waals surface area contributed by atoms with Crippen molar-refractivity contribution < 1.29 is 13.6 Å². The van der Waals surface area contributed by atoms with Crippen LogP contribution >= 0.6 is 11.8 Å². The predicted molar refractivity (Wildman–Crippen MR) is 70.1 cm³/mol. The SMILES string of the molecule is CNC(C)(C)C(=O)Nc1ccccc1SC(F)F. The lowest BCUT2D eigenvalue weighted by molar-refractivity contribution is -0.121. The number of nitrogens with one attached hydrogen (secondary N) is 2. The summed E-state index contributed by atoms with van der Waals surface area (Å²) in [5.74, 6) is -2.78.